The van der Waals surface area contributed by atoms with Crippen molar-refractivity contribution in [1.29, 1.82) is 0 Å². The first-order chi connectivity index (χ1) is 29.7. The molecule has 0 radical (unpaired) electrons. The molecule has 0 spiro atoms. The van der Waals surface area contributed by atoms with Crippen LogP contribution in [0.1, 0.15) is 22.3 Å². The van der Waals surface area contributed by atoms with Gasteiger partial charge >= 0.3 is 0 Å². The molecule has 0 aliphatic heterocycles. The van der Waals surface area contributed by atoms with E-state index in [1.165, 1.54) is 72.1 Å². The second kappa shape index (κ2) is 15.2. The molecule has 0 fully saturated rings. The van der Waals surface area contributed by atoms with Crippen molar-refractivity contribution in [2.24, 2.45) is 0 Å². The van der Waals surface area contributed by atoms with Crippen LogP contribution < -0.4 is 9.80 Å². The fourth-order valence-corrected chi connectivity index (χ4v) is 9.12. The lowest BCUT2D eigenvalue weighted by Gasteiger charge is -2.31. The molecule has 0 bridgehead atoms. The summed E-state index contributed by atoms with van der Waals surface area (Å²) in [7, 11) is 0. The number of allylic oxidation sites excluding steroid dienone is 2. The SMILES string of the molecule is C1=Cc2cc(N(c3ccccc3)c3ccc(-c4ccc(N(c5ccc(-c6ccccc6)cc5)c5ccc(-c6ccccc6)cc5)cc4)cc3)c3c4c(ccc(c24)C1)CC=C3. The van der Waals surface area contributed by atoms with E-state index in [0.29, 0.717) is 0 Å². The second-order valence-electron chi connectivity index (χ2n) is 15.7. The summed E-state index contributed by atoms with van der Waals surface area (Å²) in [5.74, 6) is 0. The van der Waals surface area contributed by atoms with Crippen molar-refractivity contribution in [3.63, 3.8) is 0 Å². The van der Waals surface area contributed by atoms with Crippen molar-refractivity contribution in [1.82, 2.24) is 0 Å². The van der Waals surface area contributed by atoms with Gasteiger partial charge in [-0.25, -0.2) is 0 Å². The average Bonchev–Trinajstić information content (AvgIpc) is 3.33. The monoisotopic (exact) mass is 766 g/mol. The predicted octanol–water partition coefficient (Wildman–Crippen LogP) is 15.9. The van der Waals surface area contributed by atoms with E-state index in [9.17, 15) is 0 Å². The number of anilines is 6. The average molecular weight is 767 g/mol. The third kappa shape index (κ3) is 6.49. The van der Waals surface area contributed by atoms with Gasteiger partial charge in [-0.1, -0.05) is 164 Å². The van der Waals surface area contributed by atoms with Gasteiger partial charge in [0, 0.05) is 34.0 Å². The summed E-state index contributed by atoms with van der Waals surface area (Å²) in [4.78, 5) is 4.77. The van der Waals surface area contributed by atoms with E-state index in [2.05, 4.69) is 240 Å². The number of hydrogen-bond acceptors (Lipinski definition) is 2. The van der Waals surface area contributed by atoms with Crippen molar-refractivity contribution in [2.75, 3.05) is 9.80 Å². The number of rotatable bonds is 9. The Balaban J connectivity index is 0.945. The lowest BCUT2D eigenvalue weighted by Crippen LogP contribution is -2.13. The van der Waals surface area contributed by atoms with Crippen molar-refractivity contribution in [3.05, 3.63) is 241 Å². The van der Waals surface area contributed by atoms with Crippen LogP contribution in [0, 0.1) is 0 Å². The third-order valence-electron chi connectivity index (χ3n) is 12.1. The summed E-state index contributed by atoms with van der Waals surface area (Å²) >= 11 is 0. The molecule has 0 atom stereocenters. The molecule has 2 aliphatic carbocycles. The van der Waals surface area contributed by atoms with Crippen LogP contribution in [0.4, 0.5) is 34.1 Å². The van der Waals surface area contributed by atoms with Crippen molar-refractivity contribution >= 4 is 57.0 Å². The maximum Gasteiger partial charge on any atom is 0.0546 e. The van der Waals surface area contributed by atoms with Crippen LogP contribution in [0.2, 0.25) is 0 Å². The number of para-hydroxylation sites is 1. The van der Waals surface area contributed by atoms with Gasteiger partial charge in [0.2, 0.25) is 0 Å². The van der Waals surface area contributed by atoms with E-state index >= 15 is 0 Å². The Bertz CT molecular complexity index is 2940. The minimum atomic E-state index is 0.966. The summed E-state index contributed by atoms with van der Waals surface area (Å²) < 4.78 is 0. The van der Waals surface area contributed by atoms with Crippen LogP contribution in [-0.2, 0) is 12.8 Å². The first-order valence-corrected chi connectivity index (χ1v) is 20.9. The summed E-state index contributed by atoms with van der Waals surface area (Å²) in [5, 5.41) is 2.81. The van der Waals surface area contributed by atoms with Gasteiger partial charge in [-0.05, 0) is 140 Å². The van der Waals surface area contributed by atoms with Gasteiger partial charge in [-0.3, -0.25) is 0 Å². The first-order valence-electron chi connectivity index (χ1n) is 20.9. The second-order valence-corrected chi connectivity index (χ2v) is 15.7. The van der Waals surface area contributed by atoms with E-state index in [0.717, 1.165) is 41.3 Å². The zero-order valence-corrected chi connectivity index (χ0v) is 33.2. The Kier molecular flexibility index (Phi) is 9.02. The van der Waals surface area contributed by atoms with Crippen LogP contribution in [0.25, 0.3) is 56.3 Å². The Labute approximate surface area is 352 Å². The van der Waals surface area contributed by atoms with Gasteiger partial charge in [0.1, 0.15) is 0 Å². The van der Waals surface area contributed by atoms with Gasteiger partial charge in [0.15, 0.2) is 0 Å². The Morgan fingerprint density at radius 3 is 1.13 bits per heavy atom. The van der Waals surface area contributed by atoms with Crippen LogP contribution >= 0.6 is 0 Å². The lowest BCUT2D eigenvalue weighted by atomic mass is 9.84. The topological polar surface area (TPSA) is 6.48 Å². The molecule has 0 aromatic heterocycles. The molecule has 0 N–H and O–H groups in total. The minimum absolute atomic E-state index is 0.966. The molecule has 2 aliphatic rings. The molecule has 0 unspecified atom stereocenters. The van der Waals surface area contributed by atoms with Gasteiger partial charge in [-0.2, -0.15) is 0 Å². The summed E-state index contributed by atoms with van der Waals surface area (Å²) in [5.41, 5.74) is 19.4. The molecule has 11 rings (SSSR count). The molecule has 2 nitrogen and oxygen atoms in total. The molecular weight excluding hydrogens is 725 g/mol. The highest BCUT2D eigenvalue weighted by Gasteiger charge is 2.24. The van der Waals surface area contributed by atoms with E-state index in [1.54, 1.807) is 0 Å². The van der Waals surface area contributed by atoms with E-state index in [1.807, 2.05) is 0 Å². The van der Waals surface area contributed by atoms with Crippen LogP contribution in [0.15, 0.2) is 218 Å². The molecule has 0 heterocycles. The normalized spacial score (nSPS) is 12.4. The van der Waals surface area contributed by atoms with Crippen LogP contribution in [-0.4, -0.2) is 0 Å². The Morgan fingerprint density at radius 1 is 0.300 bits per heavy atom. The Hall–Kier alpha value is -7.68. The third-order valence-corrected chi connectivity index (χ3v) is 12.1. The van der Waals surface area contributed by atoms with Gasteiger partial charge in [-0.15, -0.1) is 0 Å². The standard InChI is InChI=1S/C58H42N2/c1-4-12-41(13-5-1)43-24-32-51(33-25-43)59(52-34-26-44(27-35-52)42-14-6-2-7-15-42)53-36-28-45(29-37-53)46-30-38-54(39-31-46)60(50-19-8-3-9-20-50)56-40-49-18-10-16-47-22-23-48-17-11-21-55(56)58(48)57(47)49/h1-15,18-40H,16-17H2. The molecule has 0 saturated heterocycles. The minimum Gasteiger partial charge on any atom is -0.311 e. The summed E-state index contributed by atoms with van der Waals surface area (Å²) in [6, 6.07) is 74.8. The highest BCUT2D eigenvalue weighted by molar-refractivity contribution is 6.08. The molecule has 9 aromatic carbocycles. The van der Waals surface area contributed by atoms with E-state index < -0.39 is 0 Å². The maximum atomic E-state index is 2.43. The van der Waals surface area contributed by atoms with Crippen molar-refractivity contribution in [2.45, 2.75) is 12.8 Å². The number of hydrogen-bond donors (Lipinski definition) is 0. The maximum absolute atomic E-state index is 2.43. The number of nitrogens with zero attached hydrogens (tertiary/aromatic N) is 2. The van der Waals surface area contributed by atoms with Gasteiger partial charge in [0.05, 0.1) is 5.69 Å². The molecule has 9 aromatic rings. The largest absolute Gasteiger partial charge is 0.311 e. The quantitative estimate of drug-likeness (QED) is 0.144. The lowest BCUT2D eigenvalue weighted by molar-refractivity contribution is 1.22. The summed E-state index contributed by atoms with van der Waals surface area (Å²) in [6.45, 7) is 0. The van der Waals surface area contributed by atoms with Gasteiger partial charge in [0.25, 0.3) is 0 Å². The molecule has 60 heavy (non-hydrogen) atoms. The van der Waals surface area contributed by atoms with E-state index in [-0.39, 0.29) is 0 Å². The Morgan fingerprint density at radius 2 is 0.667 bits per heavy atom. The van der Waals surface area contributed by atoms with Gasteiger partial charge < -0.3 is 9.80 Å². The number of benzene rings is 9. The molecule has 284 valence electrons. The highest BCUT2D eigenvalue weighted by Crippen LogP contribution is 2.46. The molecule has 0 saturated carbocycles. The first kappa shape index (κ1) is 35.5. The molecule has 2 heteroatoms. The fourth-order valence-electron chi connectivity index (χ4n) is 9.12. The van der Waals surface area contributed by atoms with Crippen molar-refractivity contribution < 1.29 is 0 Å². The summed E-state index contributed by atoms with van der Waals surface area (Å²) in [6.07, 6.45) is 11.2. The smallest absolute Gasteiger partial charge is 0.0546 e. The van der Waals surface area contributed by atoms with E-state index in [4.69, 9.17) is 0 Å². The predicted molar refractivity (Wildman–Crippen MR) is 255 cm³/mol. The zero-order chi connectivity index (χ0) is 39.8. The fraction of sp³-hybridized carbons (Fsp3) is 0.0345. The zero-order valence-electron chi connectivity index (χ0n) is 33.2. The molecule has 0 amide bonds. The van der Waals surface area contributed by atoms with Crippen LogP contribution in [0.5, 0.6) is 0 Å². The van der Waals surface area contributed by atoms with Crippen molar-refractivity contribution in [3.8, 4) is 33.4 Å². The molecular formula is C58H42N2. The van der Waals surface area contributed by atoms with Crippen LogP contribution in [0.3, 0.4) is 0 Å². The highest BCUT2D eigenvalue weighted by atomic mass is 15.1.